The van der Waals surface area contributed by atoms with Gasteiger partial charge in [-0.1, -0.05) is 40.2 Å². The number of phenolic OH excluding ortho intramolecular Hbond substituents is 1. The molecule has 4 nitrogen and oxygen atoms in total. The van der Waals surface area contributed by atoms with E-state index in [2.05, 4.69) is 20.9 Å². The molecule has 1 heterocycles. The number of aliphatic imine (C=N–C) groups is 1. The van der Waals surface area contributed by atoms with Crippen molar-refractivity contribution in [2.45, 2.75) is 0 Å². The van der Waals surface area contributed by atoms with E-state index in [9.17, 15) is 14.3 Å². The summed E-state index contributed by atoms with van der Waals surface area (Å²) in [6.07, 6.45) is 1.66. The smallest absolute Gasteiger partial charge is 0.282 e. The highest BCUT2D eigenvalue weighted by molar-refractivity contribution is 9.10. The zero-order valence-corrected chi connectivity index (χ0v) is 16.1. The van der Waals surface area contributed by atoms with Crippen molar-refractivity contribution in [2.24, 2.45) is 4.99 Å². The molecule has 0 spiro atoms. The van der Waals surface area contributed by atoms with Crippen LogP contribution >= 0.6 is 15.9 Å². The fourth-order valence-corrected chi connectivity index (χ4v) is 3.16. The van der Waals surface area contributed by atoms with Gasteiger partial charge in [0.2, 0.25) is 0 Å². The summed E-state index contributed by atoms with van der Waals surface area (Å²) < 4.78 is 15.4. The van der Waals surface area contributed by atoms with Gasteiger partial charge in [0.1, 0.15) is 17.3 Å². The van der Waals surface area contributed by atoms with Gasteiger partial charge in [0, 0.05) is 4.47 Å². The maximum Gasteiger partial charge on any atom is 0.282 e. The number of phenols is 1. The summed E-state index contributed by atoms with van der Waals surface area (Å²) in [5.74, 6) is -0.558. The van der Waals surface area contributed by atoms with E-state index in [1.165, 1.54) is 23.1 Å². The minimum absolute atomic E-state index is 0.0744. The van der Waals surface area contributed by atoms with E-state index < -0.39 is 5.82 Å². The van der Waals surface area contributed by atoms with Gasteiger partial charge >= 0.3 is 0 Å². The van der Waals surface area contributed by atoms with Crippen molar-refractivity contribution in [2.75, 3.05) is 4.90 Å². The SMILES string of the molecule is O=C1/C(=C\c2ccc(Br)cc2)N=C(c2ccccc2F)N1c1ccc(O)cc1. The zero-order valence-electron chi connectivity index (χ0n) is 14.5. The summed E-state index contributed by atoms with van der Waals surface area (Å²) >= 11 is 3.38. The molecule has 0 unspecified atom stereocenters. The zero-order chi connectivity index (χ0) is 19.7. The number of rotatable bonds is 3. The van der Waals surface area contributed by atoms with Crippen LogP contribution in [0.5, 0.6) is 5.75 Å². The number of hydrogen-bond acceptors (Lipinski definition) is 3. The van der Waals surface area contributed by atoms with Gasteiger partial charge in [-0.25, -0.2) is 9.38 Å². The van der Waals surface area contributed by atoms with Crippen molar-refractivity contribution in [1.29, 1.82) is 0 Å². The number of aromatic hydroxyl groups is 1. The molecule has 1 aliphatic rings. The minimum Gasteiger partial charge on any atom is -0.508 e. The Morgan fingerprint density at radius 1 is 0.964 bits per heavy atom. The van der Waals surface area contributed by atoms with Gasteiger partial charge in [-0.3, -0.25) is 9.69 Å². The molecular formula is C22H14BrFN2O2. The number of halogens is 2. The van der Waals surface area contributed by atoms with E-state index in [-0.39, 0.29) is 28.8 Å². The molecule has 0 atom stereocenters. The van der Waals surface area contributed by atoms with Crippen LogP contribution in [0, 0.1) is 5.82 Å². The lowest BCUT2D eigenvalue weighted by Crippen LogP contribution is -2.33. The Balaban J connectivity index is 1.84. The number of nitrogens with zero attached hydrogens (tertiary/aromatic N) is 2. The van der Waals surface area contributed by atoms with Crippen molar-refractivity contribution in [3.05, 3.63) is 99.9 Å². The van der Waals surface area contributed by atoms with Gasteiger partial charge in [-0.15, -0.1) is 0 Å². The number of amidine groups is 1. The van der Waals surface area contributed by atoms with E-state index in [1.54, 1.807) is 36.4 Å². The van der Waals surface area contributed by atoms with Crippen LogP contribution in [-0.4, -0.2) is 16.8 Å². The lowest BCUT2D eigenvalue weighted by Gasteiger charge is -2.18. The molecule has 3 aromatic carbocycles. The van der Waals surface area contributed by atoms with E-state index in [1.807, 2.05) is 24.3 Å². The Labute approximate surface area is 169 Å². The molecule has 138 valence electrons. The second-order valence-corrected chi connectivity index (χ2v) is 7.07. The molecule has 6 heteroatoms. The minimum atomic E-state index is -0.470. The quantitative estimate of drug-likeness (QED) is 0.578. The summed E-state index contributed by atoms with van der Waals surface area (Å²) in [5.41, 5.74) is 1.72. The molecule has 0 fully saturated rings. The first-order chi connectivity index (χ1) is 13.5. The predicted molar refractivity (Wildman–Crippen MR) is 111 cm³/mol. The number of amides is 1. The summed E-state index contributed by atoms with van der Waals surface area (Å²) in [5, 5.41) is 9.55. The highest BCUT2D eigenvalue weighted by atomic mass is 79.9. The monoisotopic (exact) mass is 436 g/mol. The average molecular weight is 437 g/mol. The fourth-order valence-electron chi connectivity index (χ4n) is 2.90. The van der Waals surface area contributed by atoms with Crippen LogP contribution in [0.1, 0.15) is 11.1 Å². The number of anilines is 1. The molecule has 28 heavy (non-hydrogen) atoms. The number of carbonyl (C=O) groups excluding carboxylic acids is 1. The van der Waals surface area contributed by atoms with Crippen LogP contribution in [-0.2, 0) is 4.79 Å². The number of carbonyl (C=O) groups is 1. The van der Waals surface area contributed by atoms with Gasteiger partial charge in [0.25, 0.3) is 5.91 Å². The Morgan fingerprint density at radius 3 is 2.32 bits per heavy atom. The van der Waals surface area contributed by atoms with Crippen molar-refractivity contribution in [3.63, 3.8) is 0 Å². The van der Waals surface area contributed by atoms with Gasteiger partial charge < -0.3 is 5.11 Å². The molecule has 3 aromatic rings. The molecule has 1 aliphatic heterocycles. The van der Waals surface area contributed by atoms with Gasteiger partial charge in [0.05, 0.1) is 11.3 Å². The summed E-state index contributed by atoms with van der Waals surface area (Å²) in [4.78, 5) is 18.9. The second-order valence-electron chi connectivity index (χ2n) is 6.15. The predicted octanol–water partition coefficient (Wildman–Crippen LogP) is 5.13. The largest absolute Gasteiger partial charge is 0.508 e. The molecule has 4 rings (SSSR count). The fraction of sp³-hybridized carbons (Fsp3) is 0. The van der Waals surface area contributed by atoms with E-state index >= 15 is 0 Å². The van der Waals surface area contributed by atoms with Crippen LogP contribution in [0.15, 0.2) is 88.0 Å². The Kier molecular flexibility index (Phi) is 4.79. The summed E-state index contributed by atoms with van der Waals surface area (Å²) in [6.45, 7) is 0. The Bertz CT molecular complexity index is 1110. The molecule has 0 bridgehead atoms. The molecule has 0 saturated heterocycles. The maximum absolute atomic E-state index is 14.4. The maximum atomic E-state index is 14.4. The first kappa shape index (κ1) is 18.1. The van der Waals surface area contributed by atoms with Crippen LogP contribution in [0.4, 0.5) is 10.1 Å². The Morgan fingerprint density at radius 2 is 1.64 bits per heavy atom. The third kappa shape index (κ3) is 3.46. The normalized spacial score (nSPS) is 15.2. The summed E-state index contributed by atoms with van der Waals surface area (Å²) in [6, 6.07) is 19.7. The topological polar surface area (TPSA) is 52.9 Å². The molecule has 0 saturated carbocycles. The molecule has 0 aliphatic carbocycles. The van der Waals surface area contributed by atoms with Crippen molar-refractivity contribution in [3.8, 4) is 5.75 Å². The molecule has 1 N–H and O–H groups in total. The van der Waals surface area contributed by atoms with Crippen molar-refractivity contribution >= 4 is 39.4 Å². The molecule has 1 amide bonds. The molecule has 0 radical (unpaired) electrons. The molecule has 0 aromatic heterocycles. The van der Waals surface area contributed by atoms with E-state index in [0.717, 1.165) is 10.0 Å². The van der Waals surface area contributed by atoms with E-state index in [0.29, 0.717) is 5.69 Å². The van der Waals surface area contributed by atoms with Crippen molar-refractivity contribution < 1.29 is 14.3 Å². The summed E-state index contributed by atoms with van der Waals surface area (Å²) in [7, 11) is 0. The third-order valence-corrected chi connectivity index (χ3v) is 4.79. The standard InChI is InChI=1S/C22H14BrFN2O2/c23-15-7-5-14(6-8-15)13-20-22(28)26(16-9-11-17(27)12-10-16)21(25-20)18-3-1-2-4-19(18)24/h1-13,27H/b20-13+. The number of benzene rings is 3. The van der Waals surface area contributed by atoms with Crippen LogP contribution in [0.3, 0.4) is 0 Å². The van der Waals surface area contributed by atoms with Crippen LogP contribution in [0.2, 0.25) is 0 Å². The lowest BCUT2D eigenvalue weighted by atomic mass is 10.1. The number of hydrogen-bond donors (Lipinski definition) is 1. The van der Waals surface area contributed by atoms with Crippen LogP contribution in [0.25, 0.3) is 6.08 Å². The van der Waals surface area contributed by atoms with Gasteiger partial charge in [-0.2, -0.15) is 0 Å². The van der Waals surface area contributed by atoms with Crippen LogP contribution < -0.4 is 4.90 Å². The first-order valence-corrected chi connectivity index (χ1v) is 9.26. The highest BCUT2D eigenvalue weighted by Gasteiger charge is 2.33. The van der Waals surface area contributed by atoms with Crippen molar-refractivity contribution in [1.82, 2.24) is 0 Å². The average Bonchev–Trinajstić information content (AvgIpc) is 3.01. The van der Waals surface area contributed by atoms with Gasteiger partial charge in [0.15, 0.2) is 5.84 Å². The second kappa shape index (κ2) is 7.40. The van der Waals surface area contributed by atoms with Gasteiger partial charge in [-0.05, 0) is 60.2 Å². The Hall–Kier alpha value is -3.25. The molecular weight excluding hydrogens is 423 g/mol. The highest BCUT2D eigenvalue weighted by Crippen LogP contribution is 2.29. The van der Waals surface area contributed by atoms with E-state index in [4.69, 9.17) is 0 Å². The third-order valence-electron chi connectivity index (χ3n) is 4.26. The first-order valence-electron chi connectivity index (χ1n) is 8.47. The lowest BCUT2D eigenvalue weighted by molar-refractivity contribution is -0.113.